The Morgan fingerprint density at radius 3 is 1.76 bits per heavy atom. The average molecular weight is 1030 g/mol. The molecular formula is C47H23F14N9OS. The Hall–Kier alpha value is -8.09. The van der Waals surface area contributed by atoms with Gasteiger partial charge in [0, 0.05) is 40.7 Å². The number of nitrogens with zero attached hydrogens (tertiary/aromatic N) is 9. The summed E-state index contributed by atoms with van der Waals surface area (Å²) >= 11 is 0.605. The van der Waals surface area contributed by atoms with Crippen molar-refractivity contribution in [3.8, 4) is 67.1 Å². The van der Waals surface area contributed by atoms with Gasteiger partial charge in [-0.15, -0.1) is 10.2 Å². The molecule has 2 aromatic heterocycles. The van der Waals surface area contributed by atoms with E-state index in [4.69, 9.17) is 4.52 Å². The Balaban J connectivity index is 1.01. The van der Waals surface area contributed by atoms with Crippen molar-refractivity contribution in [3.05, 3.63) is 172 Å². The Morgan fingerprint density at radius 2 is 1.11 bits per heavy atom. The van der Waals surface area contributed by atoms with Crippen molar-refractivity contribution in [1.82, 2.24) is 44.4 Å². The molecular weight excluding hydrogens is 1000 g/mol. The van der Waals surface area contributed by atoms with Gasteiger partial charge in [-0.05, 0) is 66.2 Å². The predicted molar refractivity (Wildman–Crippen MR) is 228 cm³/mol. The van der Waals surface area contributed by atoms with E-state index in [1.807, 2.05) is 0 Å². The Kier molecular flexibility index (Phi) is 11.5. The minimum atomic E-state index is -5.25. The number of rotatable bonds is 9. The van der Waals surface area contributed by atoms with Crippen LogP contribution in [0.2, 0.25) is 0 Å². The van der Waals surface area contributed by atoms with Crippen LogP contribution in [0.5, 0.6) is 0 Å². The largest absolute Gasteiger partial charge is 0.417 e. The summed E-state index contributed by atoms with van der Waals surface area (Å²) in [6, 6.07) is 14.7. The third-order valence-corrected chi connectivity index (χ3v) is 12.2. The molecule has 0 fully saturated rings. The summed E-state index contributed by atoms with van der Waals surface area (Å²) in [4.78, 5) is 17.9. The fourth-order valence-corrected chi connectivity index (χ4v) is 8.88. The molecule has 0 bridgehead atoms. The molecule has 4 aliphatic rings. The number of benzene rings is 4. The maximum atomic E-state index is 16.0. The molecule has 72 heavy (non-hydrogen) atoms. The van der Waals surface area contributed by atoms with Crippen molar-refractivity contribution in [2.75, 3.05) is 0 Å². The minimum Gasteiger partial charge on any atom is -0.359 e. The highest BCUT2D eigenvalue weighted by Gasteiger charge is 2.41. The van der Waals surface area contributed by atoms with Crippen LogP contribution < -0.4 is 0 Å². The standard InChI is InChI=1S/C47H23F14N9OS/c48-32-4-2-1-3-28(32)34-15-38-40(64-34)19-70(21-63-38)41(43-67-66-42(72-43)27-9-7-24(45(53,54)55)13-31(27)47(59,60)61)22-5-10-33(49)29(11-22)35-16-37-39(65-35)18-69(20-62-37)17-25-14-36(68-71-25)26-8-6-23(44(50,51)52)12-30(26)46(56,57)58/h1-16,18-21,41H,17H2. The molecule has 1 atom stereocenters. The Labute approximate surface area is 397 Å². The fourth-order valence-electron chi connectivity index (χ4n) is 7.86. The first-order valence-corrected chi connectivity index (χ1v) is 21.4. The fraction of sp³-hybridized carbons (Fsp3) is 0.128. The summed E-state index contributed by atoms with van der Waals surface area (Å²) in [5.41, 5.74) is -6.53. The van der Waals surface area contributed by atoms with Gasteiger partial charge in [0.15, 0.2) is 5.76 Å². The first kappa shape index (κ1) is 47.6. The van der Waals surface area contributed by atoms with Gasteiger partial charge in [-0.2, -0.15) is 52.7 Å². The highest BCUT2D eigenvalue weighted by atomic mass is 32.1. The van der Waals surface area contributed by atoms with E-state index in [0.29, 0.717) is 41.3 Å². The molecule has 10 rings (SSSR count). The maximum absolute atomic E-state index is 16.0. The molecule has 0 aliphatic carbocycles. The normalized spacial score (nSPS) is 13.1. The zero-order valence-electron chi connectivity index (χ0n) is 35.5. The van der Waals surface area contributed by atoms with Crippen LogP contribution in [0.3, 0.4) is 0 Å². The monoisotopic (exact) mass is 1030 g/mol. The van der Waals surface area contributed by atoms with Crippen molar-refractivity contribution in [3.63, 3.8) is 0 Å². The van der Waals surface area contributed by atoms with Crippen molar-refractivity contribution >= 4 is 11.3 Å². The average Bonchev–Trinajstić information content (AvgIpc) is 4.15. The van der Waals surface area contributed by atoms with Gasteiger partial charge < -0.3 is 13.7 Å². The zero-order chi connectivity index (χ0) is 51.1. The lowest BCUT2D eigenvalue weighted by atomic mass is 10.0. The molecule has 0 N–H and O–H groups in total. The number of halogens is 14. The molecule has 0 saturated carbocycles. The number of hydrogen-bond donors (Lipinski definition) is 0. The summed E-state index contributed by atoms with van der Waals surface area (Å²) in [6.45, 7) is -0.206. The summed E-state index contributed by atoms with van der Waals surface area (Å²) in [5, 5.41) is 11.3. The summed E-state index contributed by atoms with van der Waals surface area (Å²) in [5.74, 6) is -1.40. The third kappa shape index (κ3) is 9.21. The topological polar surface area (TPSA) is 113 Å². The van der Waals surface area contributed by atoms with Gasteiger partial charge >= 0.3 is 24.7 Å². The van der Waals surface area contributed by atoms with Crippen LogP contribution >= 0.6 is 11.3 Å². The number of alkyl halides is 12. The van der Waals surface area contributed by atoms with E-state index >= 15 is 4.39 Å². The lowest BCUT2D eigenvalue weighted by Crippen LogP contribution is -2.14. The van der Waals surface area contributed by atoms with E-state index in [1.54, 1.807) is 6.07 Å². The van der Waals surface area contributed by atoms with Crippen LogP contribution in [0.1, 0.15) is 44.6 Å². The Bertz CT molecular complexity index is 3590. The minimum absolute atomic E-state index is 0.0226. The summed E-state index contributed by atoms with van der Waals surface area (Å²) in [6.07, 6.45) is -15.0. The summed E-state index contributed by atoms with van der Waals surface area (Å²) < 4.78 is 204. The molecule has 10 nitrogen and oxygen atoms in total. The molecule has 1 unspecified atom stereocenters. The van der Waals surface area contributed by atoms with Gasteiger partial charge in [-0.1, -0.05) is 46.8 Å². The van der Waals surface area contributed by atoms with E-state index < -0.39 is 86.5 Å². The number of hydrogen-bond acceptors (Lipinski definition) is 9. The first-order valence-electron chi connectivity index (χ1n) is 20.6. The van der Waals surface area contributed by atoms with Gasteiger partial charge in [-0.25, -0.2) is 28.7 Å². The second-order valence-electron chi connectivity index (χ2n) is 15.9. The molecule has 6 heterocycles. The molecule has 366 valence electrons. The van der Waals surface area contributed by atoms with Crippen LogP contribution in [-0.4, -0.2) is 44.4 Å². The molecule has 4 aliphatic heterocycles. The van der Waals surface area contributed by atoms with Gasteiger partial charge in [0.25, 0.3) is 0 Å². The quantitative estimate of drug-likeness (QED) is 0.131. The second kappa shape index (κ2) is 17.3. The van der Waals surface area contributed by atoms with Crippen molar-refractivity contribution in [2.24, 2.45) is 0 Å². The van der Waals surface area contributed by atoms with E-state index in [-0.39, 0.29) is 74.6 Å². The highest BCUT2D eigenvalue weighted by Crippen LogP contribution is 2.45. The second-order valence-corrected chi connectivity index (χ2v) is 17.0. The van der Waals surface area contributed by atoms with Crippen LogP contribution in [0.15, 0.2) is 127 Å². The van der Waals surface area contributed by atoms with E-state index in [1.165, 1.54) is 76.6 Å². The smallest absolute Gasteiger partial charge is 0.359 e. The van der Waals surface area contributed by atoms with Crippen LogP contribution in [-0.2, 0) is 31.2 Å². The van der Waals surface area contributed by atoms with Crippen LogP contribution in [0.4, 0.5) is 61.5 Å². The molecule has 6 aromatic rings. The SMILES string of the molecule is Fc1ccccc1-c1cc2ncn(C(c3ccc(F)c(-c4cc5ncn(Cc6cc(-c7ccc(C(F)(F)F)cc7C(F)(F)F)no6)cc-5n4)c3)c3nnc(-c4ccc(C(F)(F)F)cc4C(F)(F)F)s3)cc-2n1. The van der Waals surface area contributed by atoms with Gasteiger partial charge in [-0.3, -0.25) is 0 Å². The molecule has 0 spiro atoms. The van der Waals surface area contributed by atoms with Crippen LogP contribution in [0, 0.1) is 11.6 Å². The van der Waals surface area contributed by atoms with Crippen molar-refractivity contribution < 1.29 is 66.0 Å². The number of fused-ring (bicyclic) bond motifs is 2. The predicted octanol–water partition coefficient (Wildman–Crippen LogP) is 13.6. The molecule has 4 aromatic carbocycles. The summed E-state index contributed by atoms with van der Waals surface area (Å²) in [7, 11) is 0. The third-order valence-electron chi connectivity index (χ3n) is 11.2. The number of aromatic nitrogens is 9. The van der Waals surface area contributed by atoms with Crippen molar-refractivity contribution in [2.45, 2.75) is 37.3 Å². The molecule has 0 saturated heterocycles. The van der Waals surface area contributed by atoms with E-state index in [9.17, 15) is 57.1 Å². The van der Waals surface area contributed by atoms with E-state index in [0.717, 1.165) is 12.1 Å². The maximum Gasteiger partial charge on any atom is 0.417 e. The lowest BCUT2D eigenvalue weighted by molar-refractivity contribution is -0.144. The molecule has 25 heteroatoms. The zero-order valence-corrected chi connectivity index (χ0v) is 36.3. The van der Waals surface area contributed by atoms with Crippen molar-refractivity contribution in [1.29, 1.82) is 0 Å². The first-order chi connectivity index (χ1) is 34.0. The molecule has 0 radical (unpaired) electrons. The van der Waals surface area contributed by atoms with Gasteiger partial charge in [0.1, 0.15) is 44.8 Å². The van der Waals surface area contributed by atoms with Gasteiger partial charge in [0.05, 0.1) is 64.2 Å². The van der Waals surface area contributed by atoms with Gasteiger partial charge in [0.2, 0.25) is 0 Å². The lowest BCUT2D eigenvalue weighted by Gasteiger charge is -2.20. The Morgan fingerprint density at radius 1 is 0.514 bits per heavy atom. The van der Waals surface area contributed by atoms with Crippen LogP contribution in [0.25, 0.3) is 67.1 Å². The van der Waals surface area contributed by atoms with E-state index in [2.05, 4.69) is 35.3 Å². The highest BCUT2D eigenvalue weighted by molar-refractivity contribution is 7.14. The molecule has 0 amide bonds.